The van der Waals surface area contributed by atoms with Gasteiger partial charge in [-0.3, -0.25) is 9.59 Å². The number of hydrogen-bond donors (Lipinski definition) is 1. The molecule has 29 heavy (non-hydrogen) atoms. The van der Waals surface area contributed by atoms with Crippen molar-refractivity contribution in [2.75, 3.05) is 0 Å². The second-order valence-electron chi connectivity index (χ2n) is 7.22. The van der Waals surface area contributed by atoms with Crippen LogP contribution in [-0.4, -0.2) is 22.5 Å². The van der Waals surface area contributed by atoms with Crippen LogP contribution in [0.2, 0.25) is 0 Å². The van der Waals surface area contributed by atoms with E-state index in [1.165, 1.54) is 6.92 Å². The molecule has 2 rings (SSSR count). The van der Waals surface area contributed by atoms with Crippen molar-refractivity contribution in [3.05, 3.63) is 56.5 Å². The summed E-state index contributed by atoms with van der Waals surface area (Å²) in [5.41, 5.74) is 6.39. The molecule has 1 aromatic heterocycles. The summed E-state index contributed by atoms with van der Waals surface area (Å²) < 4.78 is 6.74. The lowest BCUT2D eigenvalue weighted by molar-refractivity contribution is -0.138. The molecule has 1 N–H and O–H groups in total. The molecule has 2 aromatic rings. The standard InChI is InChI=1S/C21H28N2O4P2/c1-11-9-16(10-18(22-15(5)24)21(26)27-29-28)7-8-17(11)19-13(3)12(2)14(4)23(6)20(19)25/h7-9,18,29H,10,28H2,1-6H3,(H,22,24). The predicted octanol–water partition coefficient (Wildman–Crippen LogP) is 3.26. The molecule has 0 bridgehead atoms. The molecule has 8 heteroatoms. The zero-order valence-electron chi connectivity index (χ0n) is 17.7. The molecule has 0 aliphatic heterocycles. The van der Waals surface area contributed by atoms with Gasteiger partial charge in [-0.1, -0.05) is 27.1 Å². The first-order valence-electron chi connectivity index (χ1n) is 9.28. The molecule has 0 aliphatic rings. The molecule has 6 nitrogen and oxygen atoms in total. The van der Waals surface area contributed by atoms with E-state index in [9.17, 15) is 14.4 Å². The summed E-state index contributed by atoms with van der Waals surface area (Å²) in [7, 11) is 4.07. The van der Waals surface area contributed by atoms with Crippen molar-refractivity contribution < 1.29 is 14.1 Å². The number of aryl methyl sites for hydroxylation is 1. The van der Waals surface area contributed by atoms with Crippen LogP contribution < -0.4 is 10.9 Å². The zero-order chi connectivity index (χ0) is 21.9. The van der Waals surface area contributed by atoms with E-state index >= 15 is 0 Å². The van der Waals surface area contributed by atoms with Gasteiger partial charge in [0.1, 0.15) is 6.04 Å². The third-order valence-corrected chi connectivity index (χ3v) is 6.00. The monoisotopic (exact) mass is 434 g/mol. The first-order valence-corrected chi connectivity index (χ1v) is 12.0. The number of nitrogens with one attached hydrogen (secondary N) is 1. The van der Waals surface area contributed by atoms with Crippen LogP contribution in [0.5, 0.6) is 0 Å². The van der Waals surface area contributed by atoms with E-state index in [4.69, 9.17) is 4.52 Å². The molecule has 0 saturated carbocycles. The Balaban J connectivity index is 2.45. The van der Waals surface area contributed by atoms with Crippen LogP contribution in [-0.2, 0) is 27.6 Å². The van der Waals surface area contributed by atoms with E-state index in [1.807, 2.05) is 45.9 Å². The van der Waals surface area contributed by atoms with Crippen LogP contribution in [0.25, 0.3) is 11.1 Å². The average molecular weight is 434 g/mol. The van der Waals surface area contributed by atoms with E-state index in [-0.39, 0.29) is 20.0 Å². The maximum Gasteiger partial charge on any atom is 0.331 e. The van der Waals surface area contributed by atoms with Gasteiger partial charge in [0.25, 0.3) is 5.56 Å². The highest BCUT2D eigenvalue weighted by Gasteiger charge is 2.22. The fraction of sp³-hybridized carbons (Fsp3) is 0.381. The summed E-state index contributed by atoms with van der Waals surface area (Å²) in [5, 5.41) is 2.65. The lowest BCUT2D eigenvalue weighted by Crippen LogP contribution is -2.41. The fourth-order valence-electron chi connectivity index (χ4n) is 3.44. The highest BCUT2D eigenvalue weighted by Crippen LogP contribution is 2.28. The third-order valence-electron chi connectivity index (χ3n) is 5.32. The lowest BCUT2D eigenvalue weighted by Gasteiger charge is -2.19. The molecule has 0 radical (unpaired) electrons. The van der Waals surface area contributed by atoms with Crippen LogP contribution in [0, 0.1) is 27.7 Å². The van der Waals surface area contributed by atoms with E-state index in [0.717, 1.165) is 33.5 Å². The van der Waals surface area contributed by atoms with Crippen molar-refractivity contribution >= 4 is 29.3 Å². The number of carbonyl (C=O) groups is 2. The second kappa shape index (κ2) is 9.65. The highest BCUT2D eigenvalue weighted by atomic mass is 32.0. The third kappa shape index (κ3) is 5.12. The predicted molar refractivity (Wildman–Crippen MR) is 121 cm³/mol. The number of amides is 1. The highest BCUT2D eigenvalue weighted by molar-refractivity contribution is 8.00. The quantitative estimate of drug-likeness (QED) is 0.708. The zero-order valence-corrected chi connectivity index (χ0v) is 19.8. The number of pyridine rings is 1. The second-order valence-corrected chi connectivity index (χ2v) is 8.37. The number of nitrogens with zero attached hydrogens (tertiary/aromatic N) is 1. The molecular weight excluding hydrogens is 406 g/mol. The van der Waals surface area contributed by atoms with Gasteiger partial charge in [0.15, 0.2) is 0 Å². The van der Waals surface area contributed by atoms with Gasteiger partial charge in [0.05, 0.1) is 14.1 Å². The van der Waals surface area contributed by atoms with E-state index in [0.29, 0.717) is 12.0 Å². The van der Waals surface area contributed by atoms with Crippen LogP contribution in [0.15, 0.2) is 23.0 Å². The lowest BCUT2D eigenvalue weighted by atomic mass is 9.92. The summed E-state index contributed by atoms with van der Waals surface area (Å²) in [4.78, 5) is 36.5. The van der Waals surface area contributed by atoms with Crippen LogP contribution in [0.1, 0.15) is 34.9 Å². The Hall–Kier alpha value is -2.03. The smallest absolute Gasteiger partial charge is 0.331 e. The number of benzene rings is 1. The number of hydrogen-bond acceptors (Lipinski definition) is 4. The fourth-order valence-corrected chi connectivity index (χ4v) is 4.05. The minimum absolute atomic E-state index is 0.0254. The summed E-state index contributed by atoms with van der Waals surface area (Å²) in [6, 6.07) is 5.01. The summed E-state index contributed by atoms with van der Waals surface area (Å²) in [5.74, 6) is -0.754. The molecule has 0 saturated heterocycles. The van der Waals surface area contributed by atoms with Crippen molar-refractivity contribution in [1.29, 1.82) is 0 Å². The Labute approximate surface area is 175 Å². The molecule has 1 amide bonds. The summed E-state index contributed by atoms with van der Waals surface area (Å²) in [6.07, 6.45) is 0.318. The van der Waals surface area contributed by atoms with Crippen molar-refractivity contribution in [3.63, 3.8) is 0 Å². The van der Waals surface area contributed by atoms with Crippen LogP contribution >= 0.6 is 17.4 Å². The Morgan fingerprint density at radius 3 is 2.41 bits per heavy atom. The minimum atomic E-state index is -0.748. The summed E-state index contributed by atoms with van der Waals surface area (Å²) in [6.45, 7) is 9.26. The molecule has 0 fully saturated rings. The van der Waals surface area contributed by atoms with Gasteiger partial charge in [0, 0.05) is 26.1 Å². The largest absolute Gasteiger partial charge is 0.443 e. The van der Waals surface area contributed by atoms with Gasteiger partial charge in [-0.15, -0.1) is 0 Å². The molecule has 156 valence electrons. The van der Waals surface area contributed by atoms with E-state index in [2.05, 4.69) is 14.2 Å². The first kappa shape index (κ1) is 23.3. The maximum atomic E-state index is 12.9. The Morgan fingerprint density at radius 1 is 1.21 bits per heavy atom. The van der Waals surface area contributed by atoms with Gasteiger partial charge in [-0.25, -0.2) is 4.79 Å². The van der Waals surface area contributed by atoms with Crippen molar-refractivity contribution in [3.8, 4) is 11.1 Å². The molecule has 3 atom stereocenters. The van der Waals surface area contributed by atoms with Crippen LogP contribution in [0.3, 0.4) is 0 Å². The van der Waals surface area contributed by atoms with Crippen molar-refractivity contribution in [2.24, 2.45) is 7.05 Å². The van der Waals surface area contributed by atoms with E-state index in [1.54, 1.807) is 11.6 Å². The molecule has 3 unspecified atom stereocenters. The van der Waals surface area contributed by atoms with Gasteiger partial charge in [-0.05, 0) is 55.5 Å². The number of carbonyl (C=O) groups excluding carboxylic acids is 2. The van der Waals surface area contributed by atoms with Gasteiger partial charge < -0.3 is 14.4 Å². The number of aromatic nitrogens is 1. The van der Waals surface area contributed by atoms with Gasteiger partial charge in [-0.2, -0.15) is 0 Å². The summed E-state index contributed by atoms with van der Waals surface area (Å²) >= 11 is 0. The van der Waals surface area contributed by atoms with Gasteiger partial charge >= 0.3 is 5.97 Å². The van der Waals surface area contributed by atoms with Crippen LogP contribution in [0.4, 0.5) is 0 Å². The SMILES string of the molecule is CC(=O)NC(Cc1ccc(-c2c(C)c(C)c(C)n(C)c2=O)c(C)c1)C(=O)OPP. The molecular formula is C21H28N2O4P2. The first-order chi connectivity index (χ1) is 13.6. The maximum absolute atomic E-state index is 12.9. The number of rotatable bonds is 6. The normalized spacial score (nSPS) is 12.2. The molecule has 1 aromatic carbocycles. The van der Waals surface area contributed by atoms with E-state index < -0.39 is 12.0 Å². The average Bonchev–Trinajstić information content (AvgIpc) is 2.66. The Morgan fingerprint density at radius 2 is 1.86 bits per heavy atom. The van der Waals surface area contributed by atoms with Gasteiger partial charge in [0.2, 0.25) is 5.91 Å². The molecule has 1 heterocycles. The Kier molecular flexibility index (Phi) is 7.73. The Bertz CT molecular complexity index is 1010. The topological polar surface area (TPSA) is 77.4 Å². The molecule has 0 spiro atoms. The minimum Gasteiger partial charge on any atom is -0.443 e. The van der Waals surface area contributed by atoms with Crippen molar-refractivity contribution in [2.45, 2.75) is 47.1 Å². The molecule has 0 aliphatic carbocycles. The van der Waals surface area contributed by atoms with Crippen molar-refractivity contribution in [1.82, 2.24) is 9.88 Å².